The topological polar surface area (TPSA) is 125 Å². The number of rotatable bonds is 4. The van der Waals surface area contributed by atoms with Gasteiger partial charge in [-0.2, -0.15) is 0 Å². The Bertz CT molecular complexity index is 628. The van der Waals surface area contributed by atoms with Gasteiger partial charge in [0.2, 0.25) is 0 Å². The SMILES string of the molecule is O=C(O)c1cc(S(=O)(=O)Nc2ccon2)c[nH]1. The number of carboxylic acid groups (broad SMARTS) is 1. The summed E-state index contributed by atoms with van der Waals surface area (Å²) in [5, 5.41) is 12.0. The number of aromatic amines is 1. The Morgan fingerprint density at radius 1 is 1.53 bits per heavy atom. The van der Waals surface area contributed by atoms with Crippen LogP contribution in [-0.2, 0) is 10.0 Å². The first-order valence-electron chi connectivity index (χ1n) is 4.34. The number of nitrogens with zero attached hydrogens (tertiary/aromatic N) is 1. The van der Waals surface area contributed by atoms with Gasteiger partial charge in [-0.1, -0.05) is 5.16 Å². The number of aromatic nitrogens is 2. The lowest BCUT2D eigenvalue weighted by molar-refractivity contribution is 0.0691. The van der Waals surface area contributed by atoms with E-state index in [4.69, 9.17) is 5.11 Å². The summed E-state index contributed by atoms with van der Waals surface area (Å²) in [7, 11) is -3.86. The average Bonchev–Trinajstić information content (AvgIpc) is 2.84. The molecule has 0 amide bonds. The van der Waals surface area contributed by atoms with Crippen molar-refractivity contribution in [2.75, 3.05) is 4.72 Å². The molecule has 0 saturated heterocycles. The van der Waals surface area contributed by atoms with E-state index in [2.05, 4.69) is 19.4 Å². The molecule has 0 fully saturated rings. The van der Waals surface area contributed by atoms with E-state index in [-0.39, 0.29) is 16.4 Å². The average molecular weight is 257 g/mol. The van der Waals surface area contributed by atoms with Crippen LogP contribution >= 0.6 is 0 Å². The van der Waals surface area contributed by atoms with E-state index in [0.29, 0.717) is 0 Å². The Labute approximate surface area is 95.3 Å². The molecule has 0 aliphatic rings. The molecule has 0 aliphatic heterocycles. The maximum atomic E-state index is 11.7. The first-order valence-corrected chi connectivity index (χ1v) is 5.82. The Kier molecular flexibility index (Phi) is 2.60. The van der Waals surface area contributed by atoms with E-state index < -0.39 is 16.0 Å². The van der Waals surface area contributed by atoms with Crippen LogP contribution in [0.25, 0.3) is 0 Å². The minimum Gasteiger partial charge on any atom is -0.477 e. The Morgan fingerprint density at radius 3 is 2.82 bits per heavy atom. The molecule has 2 rings (SSSR count). The fourth-order valence-corrected chi connectivity index (χ4v) is 2.10. The highest BCUT2D eigenvalue weighted by Crippen LogP contribution is 2.15. The van der Waals surface area contributed by atoms with Crippen LogP contribution in [0.4, 0.5) is 5.82 Å². The van der Waals surface area contributed by atoms with Crippen molar-refractivity contribution in [1.82, 2.24) is 10.1 Å². The van der Waals surface area contributed by atoms with E-state index in [1.54, 1.807) is 0 Å². The molecule has 17 heavy (non-hydrogen) atoms. The van der Waals surface area contributed by atoms with Crippen LogP contribution in [0.3, 0.4) is 0 Å². The number of carboxylic acids is 1. The van der Waals surface area contributed by atoms with Crippen LogP contribution in [0.1, 0.15) is 10.5 Å². The predicted molar refractivity (Wildman–Crippen MR) is 55.1 cm³/mol. The van der Waals surface area contributed by atoms with Gasteiger partial charge in [0.15, 0.2) is 5.82 Å². The van der Waals surface area contributed by atoms with Crippen molar-refractivity contribution in [3.05, 3.63) is 30.3 Å². The van der Waals surface area contributed by atoms with Crippen LogP contribution in [0, 0.1) is 0 Å². The number of anilines is 1. The number of carbonyl (C=O) groups is 1. The number of sulfonamides is 1. The standard InChI is InChI=1S/C8H7N3O5S/c12-8(13)6-3-5(4-9-6)17(14,15)11-7-1-2-16-10-7/h1-4,9H,(H,10,11)(H,12,13). The van der Waals surface area contributed by atoms with E-state index in [9.17, 15) is 13.2 Å². The molecular formula is C8H7N3O5S. The summed E-state index contributed by atoms with van der Waals surface area (Å²) in [5.41, 5.74) is -0.217. The van der Waals surface area contributed by atoms with Crippen molar-refractivity contribution in [1.29, 1.82) is 0 Å². The zero-order valence-electron chi connectivity index (χ0n) is 8.25. The van der Waals surface area contributed by atoms with Crippen LogP contribution in [0.15, 0.2) is 34.0 Å². The van der Waals surface area contributed by atoms with Gasteiger partial charge in [0.05, 0.1) is 0 Å². The summed E-state index contributed by atoms with van der Waals surface area (Å²) in [6.07, 6.45) is 2.28. The molecule has 0 aromatic carbocycles. The molecule has 2 aromatic rings. The summed E-state index contributed by atoms with van der Waals surface area (Å²) >= 11 is 0. The number of aromatic carboxylic acids is 1. The Balaban J connectivity index is 2.28. The second-order valence-electron chi connectivity index (χ2n) is 3.04. The fourth-order valence-electron chi connectivity index (χ4n) is 1.11. The van der Waals surface area contributed by atoms with Crippen molar-refractivity contribution >= 4 is 21.8 Å². The Morgan fingerprint density at radius 2 is 2.29 bits per heavy atom. The lowest BCUT2D eigenvalue weighted by atomic mass is 10.4. The van der Waals surface area contributed by atoms with E-state index in [1.807, 2.05) is 0 Å². The number of nitrogens with one attached hydrogen (secondary N) is 2. The van der Waals surface area contributed by atoms with Crippen molar-refractivity contribution in [3.8, 4) is 0 Å². The number of hydrogen-bond acceptors (Lipinski definition) is 5. The van der Waals surface area contributed by atoms with Crippen molar-refractivity contribution in [3.63, 3.8) is 0 Å². The third-order valence-corrected chi connectivity index (χ3v) is 3.21. The van der Waals surface area contributed by atoms with Gasteiger partial charge in [-0.15, -0.1) is 0 Å². The van der Waals surface area contributed by atoms with Gasteiger partial charge in [0, 0.05) is 12.3 Å². The van der Waals surface area contributed by atoms with Gasteiger partial charge < -0.3 is 14.6 Å². The maximum absolute atomic E-state index is 11.7. The molecule has 0 unspecified atom stereocenters. The quantitative estimate of drug-likeness (QED) is 0.732. The van der Waals surface area contributed by atoms with Crippen LogP contribution in [0.2, 0.25) is 0 Å². The maximum Gasteiger partial charge on any atom is 0.352 e. The van der Waals surface area contributed by atoms with E-state index in [1.165, 1.54) is 12.3 Å². The van der Waals surface area contributed by atoms with Gasteiger partial charge in [0.1, 0.15) is 16.9 Å². The highest BCUT2D eigenvalue weighted by atomic mass is 32.2. The second-order valence-corrected chi connectivity index (χ2v) is 4.73. The van der Waals surface area contributed by atoms with Crippen molar-refractivity contribution in [2.24, 2.45) is 0 Å². The molecule has 0 saturated carbocycles. The van der Waals surface area contributed by atoms with Gasteiger partial charge >= 0.3 is 5.97 Å². The minimum absolute atomic E-state index is 0.0167. The lowest BCUT2D eigenvalue weighted by Gasteiger charge is -2.00. The summed E-state index contributed by atoms with van der Waals surface area (Å²) < 4.78 is 30.0. The monoisotopic (exact) mass is 257 g/mol. The molecule has 0 bridgehead atoms. The highest BCUT2D eigenvalue weighted by molar-refractivity contribution is 7.92. The molecular weight excluding hydrogens is 250 g/mol. The first kappa shape index (κ1) is 11.2. The molecule has 2 aromatic heterocycles. The first-order chi connectivity index (χ1) is 7.99. The smallest absolute Gasteiger partial charge is 0.352 e. The van der Waals surface area contributed by atoms with Gasteiger partial charge in [-0.05, 0) is 6.07 Å². The van der Waals surface area contributed by atoms with Gasteiger partial charge in [0.25, 0.3) is 10.0 Å². The highest BCUT2D eigenvalue weighted by Gasteiger charge is 2.19. The summed E-state index contributed by atoms with van der Waals surface area (Å²) in [6, 6.07) is 2.33. The van der Waals surface area contributed by atoms with Crippen LogP contribution in [0.5, 0.6) is 0 Å². The number of H-pyrrole nitrogens is 1. The molecule has 3 N–H and O–H groups in total. The van der Waals surface area contributed by atoms with Crippen LogP contribution < -0.4 is 4.72 Å². The molecule has 2 heterocycles. The summed E-state index contributed by atoms with van der Waals surface area (Å²) in [4.78, 5) is 12.7. The molecule has 90 valence electrons. The fraction of sp³-hybridized carbons (Fsp3) is 0. The molecule has 8 nitrogen and oxygen atoms in total. The van der Waals surface area contributed by atoms with E-state index in [0.717, 1.165) is 12.3 Å². The van der Waals surface area contributed by atoms with E-state index >= 15 is 0 Å². The summed E-state index contributed by atoms with van der Waals surface area (Å²) in [6.45, 7) is 0. The van der Waals surface area contributed by atoms with Gasteiger partial charge in [-0.3, -0.25) is 4.72 Å². The molecule has 0 atom stereocenters. The van der Waals surface area contributed by atoms with Crippen molar-refractivity contribution in [2.45, 2.75) is 4.90 Å². The molecule has 9 heteroatoms. The zero-order chi connectivity index (χ0) is 12.5. The normalized spacial score (nSPS) is 11.3. The lowest BCUT2D eigenvalue weighted by Crippen LogP contribution is -2.12. The third kappa shape index (κ3) is 2.28. The number of hydrogen-bond donors (Lipinski definition) is 3. The molecule has 0 aliphatic carbocycles. The molecule has 0 spiro atoms. The molecule has 0 radical (unpaired) electrons. The Hall–Kier alpha value is -2.29. The largest absolute Gasteiger partial charge is 0.477 e. The predicted octanol–water partition coefficient (Wildman–Crippen LogP) is 0.502. The zero-order valence-corrected chi connectivity index (χ0v) is 9.06. The van der Waals surface area contributed by atoms with Crippen LogP contribution in [-0.4, -0.2) is 29.6 Å². The summed E-state index contributed by atoms with van der Waals surface area (Å²) in [5.74, 6) is -1.23. The second kappa shape index (κ2) is 3.94. The minimum atomic E-state index is -3.86. The van der Waals surface area contributed by atoms with Crippen molar-refractivity contribution < 1.29 is 22.8 Å². The third-order valence-electron chi connectivity index (χ3n) is 1.87. The van der Waals surface area contributed by atoms with Gasteiger partial charge in [-0.25, -0.2) is 13.2 Å².